The molecule has 0 fully saturated rings. The Kier molecular flexibility index (Phi) is 5.60. The Morgan fingerprint density at radius 3 is 2.74 bits per heavy atom. The van der Waals surface area contributed by atoms with Crippen molar-refractivity contribution >= 4 is 17.5 Å². The molecule has 1 aromatic heterocycles. The normalized spacial score (nSPS) is 12.9. The Hall–Kier alpha value is -1.29. The molecule has 0 aliphatic carbocycles. The van der Waals surface area contributed by atoms with Gasteiger partial charge in [-0.2, -0.15) is 0 Å². The number of methoxy groups -OCH3 is 1. The van der Waals surface area contributed by atoms with Gasteiger partial charge < -0.3 is 10.1 Å². The van der Waals surface area contributed by atoms with E-state index in [1.165, 1.54) is 7.11 Å². The number of hydrogen-bond acceptors (Lipinski definition) is 3. The third kappa shape index (κ3) is 4.39. The zero-order valence-electron chi connectivity index (χ0n) is 11.9. The van der Waals surface area contributed by atoms with E-state index in [4.69, 9.17) is 16.3 Å². The molecule has 0 radical (unpaired) electrons. The van der Waals surface area contributed by atoms with Gasteiger partial charge in [-0.25, -0.2) is 4.98 Å². The summed E-state index contributed by atoms with van der Waals surface area (Å²) in [4.78, 5) is 16.3. The first-order valence-corrected chi connectivity index (χ1v) is 6.79. The lowest BCUT2D eigenvalue weighted by atomic mass is 9.85. The second kappa shape index (κ2) is 6.75. The summed E-state index contributed by atoms with van der Waals surface area (Å²) in [5.41, 5.74) is 0.383. The van der Waals surface area contributed by atoms with E-state index in [0.717, 1.165) is 6.42 Å². The summed E-state index contributed by atoms with van der Waals surface area (Å²) in [5, 5.41) is 3.01. The van der Waals surface area contributed by atoms with Gasteiger partial charge in [-0.1, -0.05) is 20.8 Å². The number of nitrogens with zero attached hydrogens (tertiary/aromatic N) is 1. The zero-order valence-corrected chi connectivity index (χ0v) is 12.6. The number of halogens is 1. The van der Waals surface area contributed by atoms with Crippen molar-refractivity contribution in [2.45, 2.75) is 33.2 Å². The van der Waals surface area contributed by atoms with Gasteiger partial charge in [-0.05, 0) is 24.0 Å². The highest BCUT2D eigenvalue weighted by molar-refractivity contribution is 6.17. The first-order chi connectivity index (χ1) is 8.90. The van der Waals surface area contributed by atoms with Crippen LogP contribution in [0.1, 0.15) is 37.6 Å². The zero-order chi connectivity index (χ0) is 14.5. The Morgan fingerprint density at radius 1 is 1.53 bits per heavy atom. The Morgan fingerprint density at radius 2 is 2.21 bits per heavy atom. The molecule has 0 aromatic carbocycles. The number of ether oxygens (including phenoxy) is 1. The molecule has 1 rings (SSSR count). The van der Waals surface area contributed by atoms with Crippen molar-refractivity contribution in [1.29, 1.82) is 0 Å². The summed E-state index contributed by atoms with van der Waals surface area (Å²) in [6.45, 7) is 6.22. The molecule has 1 atom stereocenters. The van der Waals surface area contributed by atoms with Gasteiger partial charge >= 0.3 is 0 Å². The molecule has 1 unspecified atom stereocenters. The smallest absolute Gasteiger partial charge is 0.257 e. The van der Waals surface area contributed by atoms with Crippen LogP contribution in [0.25, 0.3) is 0 Å². The Labute approximate surface area is 119 Å². The Balaban J connectivity index is 2.88. The molecule has 1 aromatic rings. The number of pyridine rings is 1. The average molecular weight is 285 g/mol. The third-order valence-corrected chi connectivity index (χ3v) is 3.18. The lowest BCUT2D eigenvalue weighted by Crippen LogP contribution is -2.44. The van der Waals surface area contributed by atoms with Crippen molar-refractivity contribution in [3.05, 3.63) is 23.9 Å². The van der Waals surface area contributed by atoms with E-state index in [1.807, 2.05) is 0 Å². The maximum Gasteiger partial charge on any atom is 0.257 e. The summed E-state index contributed by atoms with van der Waals surface area (Å²) < 4.78 is 5.10. The fourth-order valence-corrected chi connectivity index (χ4v) is 2.01. The molecule has 1 N–H and O–H groups in total. The van der Waals surface area contributed by atoms with Crippen molar-refractivity contribution in [3.63, 3.8) is 0 Å². The highest BCUT2D eigenvalue weighted by atomic mass is 35.5. The SMILES string of the molecule is COc1ncccc1C(=O)NC(CCCl)C(C)(C)C. The average Bonchev–Trinajstić information content (AvgIpc) is 2.37. The monoisotopic (exact) mass is 284 g/mol. The molecule has 1 heterocycles. The predicted molar refractivity (Wildman–Crippen MR) is 76.8 cm³/mol. The highest BCUT2D eigenvalue weighted by Gasteiger charge is 2.27. The van der Waals surface area contributed by atoms with Gasteiger partial charge in [-0.15, -0.1) is 11.6 Å². The number of rotatable bonds is 5. The molecule has 0 bridgehead atoms. The number of amides is 1. The molecule has 1 amide bonds. The van der Waals surface area contributed by atoms with Crippen LogP contribution in [0.4, 0.5) is 0 Å². The van der Waals surface area contributed by atoms with Crippen LogP contribution in [0.15, 0.2) is 18.3 Å². The minimum absolute atomic E-state index is 0.00223. The van der Waals surface area contributed by atoms with Crippen molar-refractivity contribution in [3.8, 4) is 5.88 Å². The molecular weight excluding hydrogens is 264 g/mol. The van der Waals surface area contributed by atoms with Gasteiger partial charge in [0.2, 0.25) is 5.88 Å². The summed E-state index contributed by atoms with van der Waals surface area (Å²) >= 11 is 5.80. The van der Waals surface area contributed by atoms with E-state index >= 15 is 0 Å². The number of aromatic nitrogens is 1. The second-order valence-electron chi connectivity index (χ2n) is 5.43. The van der Waals surface area contributed by atoms with Gasteiger partial charge in [0.15, 0.2) is 0 Å². The van der Waals surface area contributed by atoms with Crippen molar-refractivity contribution < 1.29 is 9.53 Å². The lowest BCUT2D eigenvalue weighted by Gasteiger charge is -2.31. The molecule has 106 valence electrons. The second-order valence-corrected chi connectivity index (χ2v) is 5.81. The molecule has 19 heavy (non-hydrogen) atoms. The number of carbonyl (C=O) groups excluding carboxylic acids is 1. The van der Waals surface area contributed by atoms with Gasteiger partial charge in [0.1, 0.15) is 5.56 Å². The van der Waals surface area contributed by atoms with Crippen LogP contribution < -0.4 is 10.1 Å². The van der Waals surface area contributed by atoms with Crippen LogP contribution >= 0.6 is 11.6 Å². The fourth-order valence-electron chi connectivity index (χ4n) is 1.79. The lowest BCUT2D eigenvalue weighted by molar-refractivity contribution is 0.0896. The first-order valence-electron chi connectivity index (χ1n) is 6.26. The van der Waals surface area contributed by atoms with Crippen molar-refractivity contribution in [2.75, 3.05) is 13.0 Å². The maximum atomic E-state index is 12.3. The van der Waals surface area contributed by atoms with E-state index in [-0.39, 0.29) is 17.4 Å². The molecule has 0 spiro atoms. The third-order valence-electron chi connectivity index (χ3n) is 2.96. The van der Waals surface area contributed by atoms with Crippen LogP contribution in [0.3, 0.4) is 0 Å². The molecule has 4 nitrogen and oxygen atoms in total. The summed E-state index contributed by atoms with van der Waals surface area (Å²) in [7, 11) is 1.50. The number of carbonyl (C=O) groups is 1. The predicted octanol–water partition coefficient (Wildman–Crippen LogP) is 2.86. The molecule has 0 saturated carbocycles. The van der Waals surface area contributed by atoms with Gasteiger partial charge in [0.25, 0.3) is 5.91 Å². The molecule has 5 heteroatoms. The summed E-state index contributed by atoms with van der Waals surface area (Å²) in [6.07, 6.45) is 2.31. The maximum absolute atomic E-state index is 12.3. The van der Waals surface area contributed by atoms with Crippen molar-refractivity contribution in [1.82, 2.24) is 10.3 Å². The van der Waals surface area contributed by atoms with Crippen LogP contribution in [-0.2, 0) is 0 Å². The molecule has 0 aliphatic heterocycles. The number of hydrogen-bond donors (Lipinski definition) is 1. The number of nitrogens with one attached hydrogen (secondary N) is 1. The van der Waals surface area contributed by atoms with Crippen LogP contribution in [0.5, 0.6) is 5.88 Å². The first kappa shape index (κ1) is 15.8. The summed E-state index contributed by atoms with van der Waals surface area (Å²) in [6, 6.07) is 3.41. The van der Waals surface area contributed by atoms with Crippen LogP contribution in [0.2, 0.25) is 0 Å². The molecular formula is C14H21ClN2O2. The Bertz CT molecular complexity index is 430. The standard InChI is InChI=1S/C14H21ClN2O2/c1-14(2,3)11(7-8-15)17-12(18)10-6-5-9-16-13(10)19-4/h5-6,9,11H,7-8H2,1-4H3,(H,17,18). The van der Waals surface area contributed by atoms with Gasteiger partial charge in [0.05, 0.1) is 7.11 Å². The van der Waals surface area contributed by atoms with E-state index < -0.39 is 0 Å². The van der Waals surface area contributed by atoms with Crippen LogP contribution in [0, 0.1) is 5.41 Å². The van der Waals surface area contributed by atoms with Crippen molar-refractivity contribution in [2.24, 2.45) is 5.41 Å². The number of alkyl halides is 1. The van der Waals surface area contributed by atoms with Crippen LogP contribution in [-0.4, -0.2) is 29.9 Å². The largest absolute Gasteiger partial charge is 0.480 e. The topological polar surface area (TPSA) is 51.2 Å². The van der Waals surface area contributed by atoms with E-state index in [0.29, 0.717) is 17.3 Å². The fraction of sp³-hybridized carbons (Fsp3) is 0.571. The minimum atomic E-state index is -0.185. The van der Waals surface area contributed by atoms with E-state index in [1.54, 1.807) is 18.3 Å². The summed E-state index contributed by atoms with van der Waals surface area (Å²) in [5.74, 6) is 0.653. The van der Waals surface area contributed by atoms with Gasteiger partial charge in [0, 0.05) is 18.1 Å². The minimum Gasteiger partial charge on any atom is -0.480 e. The van der Waals surface area contributed by atoms with Gasteiger partial charge in [-0.3, -0.25) is 4.79 Å². The molecule has 0 aliphatic rings. The molecule has 0 saturated heterocycles. The quantitative estimate of drug-likeness (QED) is 0.846. The highest BCUT2D eigenvalue weighted by Crippen LogP contribution is 2.23. The van der Waals surface area contributed by atoms with E-state index in [2.05, 4.69) is 31.1 Å². The van der Waals surface area contributed by atoms with E-state index in [9.17, 15) is 4.79 Å².